The predicted octanol–water partition coefficient (Wildman–Crippen LogP) is 10.7. The van der Waals surface area contributed by atoms with E-state index in [4.69, 9.17) is 4.98 Å². The molecule has 0 N–H and O–H groups in total. The number of imidazole rings is 1. The molecule has 0 amide bonds. The molecule has 3 aromatic rings. The molecule has 1 aromatic heterocycles. The maximum Gasteiger partial charge on any atom is 0.112 e. The summed E-state index contributed by atoms with van der Waals surface area (Å²) in [5, 5.41) is 0. The molecular formula is C36H54N2. The van der Waals surface area contributed by atoms with Gasteiger partial charge in [0.1, 0.15) is 5.82 Å². The van der Waals surface area contributed by atoms with Gasteiger partial charge < -0.3 is 4.57 Å². The highest BCUT2D eigenvalue weighted by Crippen LogP contribution is 2.41. The van der Waals surface area contributed by atoms with Gasteiger partial charge in [-0.2, -0.15) is 0 Å². The maximum atomic E-state index is 4.90. The first-order chi connectivity index (χ1) is 18.6. The van der Waals surface area contributed by atoms with E-state index in [1.807, 2.05) is 6.20 Å². The second kappa shape index (κ2) is 17.3. The van der Waals surface area contributed by atoms with Gasteiger partial charge in [-0.3, -0.25) is 0 Å². The van der Waals surface area contributed by atoms with Gasteiger partial charge >= 0.3 is 0 Å². The topological polar surface area (TPSA) is 17.8 Å². The highest BCUT2D eigenvalue weighted by atomic mass is 15.1. The van der Waals surface area contributed by atoms with E-state index in [2.05, 4.69) is 92.2 Å². The summed E-state index contributed by atoms with van der Waals surface area (Å²) < 4.78 is 2.43. The first-order valence-corrected chi connectivity index (χ1v) is 15.8. The second-order valence-corrected chi connectivity index (χ2v) is 11.7. The molecular weight excluding hydrogens is 460 g/mol. The third kappa shape index (κ3) is 9.75. The normalized spacial score (nSPS) is 13.9. The van der Waals surface area contributed by atoms with Crippen molar-refractivity contribution in [2.45, 2.75) is 135 Å². The molecule has 2 nitrogen and oxygen atoms in total. The molecule has 2 aromatic carbocycles. The summed E-state index contributed by atoms with van der Waals surface area (Å²) in [6.45, 7) is 8.17. The molecule has 0 aliphatic heterocycles. The molecule has 0 spiro atoms. The third-order valence-corrected chi connectivity index (χ3v) is 8.69. The van der Waals surface area contributed by atoms with Crippen LogP contribution in [0, 0.1) is 0 Å². The molecule has 0 saturated carbocycles. The van der Waals surface area contributed by atoms with Crippen molar-refractivity contribution in [1.29, 1.82) is 0 Å². The van der Waals surface area contributed by atoms with Crippen LogP contribution in [0.2, 0.25) is 0 Å². The van der Waals surface area contributed by atoms with E-state index in [1.165, 1.54) is 107 Å². The molecule has 2 heteroatoms. The van der Waals surface area contributed by atoms with Crippen molar-refractivity contribution in [3.63, 3.8) is 0 Å². The Morgan fingerprint density at radius 1 is 0.684 bits per heavy atom. The number of nitrogens with zero attached hydrogens (tertiary/aromatic N) is 2. The van der Waals surface area contributed by atoms with Crippen LogP contribution in [0.15, 0.2) is 73.1 Å². The van der Waals surface area contributed by atoms with Crippen molar-refractivity contribution < 1.29 is 0 Å². The molecule has 0 bridgehead atoms. The van der Waals surface area contributed by atoms with Crippen molar-refractivity contribution in [1.82, 2.24) is 9.55 Å². The molecule has 0 fully saturated rings. The monoisotopic (exact) mass is 514 g/mol. The molecule has 2 atom stereocenters. The minimum atomic E-state index is -0.0266. The fourth-order valence-electron chi connectivity index (χ4n) is 6.00. The number of hydrogen-bond donors (Lipinski definition) is 0. The van der Waals surface area contributed by atoms with Gasteiger partial charge in [0.2, 0.25) is 0 Å². The lowest BCUT2D eigenvalue weighted by molar-refractivity contribution is 0.366. The van der Waals surface area contributed by atoms with Crippen LogP contribution in [0.5, 0.6) is 0 Å². The van der Waals surface area contributed by atoms with Gasteiger partial charge in [-0.1, -0.05) is 165 Å². The van der Waals surface area contributed by atoms with Crippen LogP contribution < -0.4 is 0 Å². The number of unbranched alkanes of at least 4 members (excludes halogenated alkanes) is 13. The number of aromatic nitrogens is 2. The number of aryl methyl sites for hydroxylation is 1. The maximum absolute atomic E-state index is 4.90. The molecule has 0 aliphatic rings. The molecule has 2 unspecified atom stereocenters. The van der Waals surface area contributed by atoms with E-state index >= 15 is 0 Å². The number of hydrogen-bond acceptors (Lipinski definition) is 1. The Morgan fingerprint density at radius 3 is 1.74 bits per heavy atom. The SMILES string of the molecule is CCCCCCCCCCCCCCCCn1ccnc1C(C)C(C)(Cc1ccccc1)c1ccccc1. The first-order valence-electron chi connectivity index (χ1n) is 15.8. The van der Waals surface area contributed by atoms with E-state index < -0.39 is 0 Å². The van der Waals surface area contributed by atoms with E-state index in [0.29, 0.717) is 5.92 Å². The van der Waals surface area contributed by atoms with Crippen molar-refractivity contribution in [3.05, 3.63) is 90.0 Å². The Morgan fingerprint density at radius 2 is 1.18 bits per heavy atom. The number of benzene rings is 2. The van der Waals surface area contributed by atoms with Crippen LogP contribution in [-0.2, 0) is 18.4 Å². The lowest BCUT2D eigenvalue weighted by Crippen LogP contribution is -2.33. The summed E-state index contributed by atoms with van der Waals surface area (Å²) in [7, 11) is 0. The van der Waals surface area contributed by atoms with Gasteiger partial charge in [-0.15, -0.1) is 0 Å². The second-order valence-electron chi connectivity index (χ2n) is 11.7. The van der Waals surface area contributed by atoms with Gasteiger partial charge in [0.15, 0.2) is 0 Å². The average molecular weight is 515 g/mol. The van der Waals surface area contributed by atoms with Crippen LogP contribution in [-0.4, -0.2) is 9.55 Å². The summed E-state index contributed by atoms with van der Waals surface area (Å²) in [5.41, 5.74) is 2.75. The number of rotatable bonds is 20. The molecule has 1 heterocycles. The van der Waals surface area contributed by atoms with Gasteiger partial charge in [-0.25, -0.2) is 4.98 Å². The van der Waals surface area contributed by atoms with Crippen molar-refractivity contribution >= 4 is 0 Å². The van der Waals surface area contributed by atoms with E-state index in [1.54, 1.807) is 0 Å². The Bertz CT molecular complexity index is 977. The Balaban J connectivity index is 1.42. The van der Waals surface area contributed by atoms with Crippen LogP contribution in [0.3, 0.4) is 0 Å². The lowest BCUT2D eigenvalue weighted by atomic mass is 9.68. The molecule has 208 valence electrons. The summed E-state index contributed by atoms with van der Waals surface area (Å²) in [5.74, 6) is 1.54. The predicted molar refractivity (Wildman–Crippen MR) is 165 cm³/mol. The Labute approximate surface area is 234 Å². The highest BCUT2D eigenvalue weighted by Gasteiger charge is 2.36. The summed E-state index contributed by atoms with van der Waals surface area (Å²) in [4.78, 5) is 4.90. The van der Waals surface area contributed by atoms with Crippen LogP contribution in [0.25, 0.3) is 0 Å². The van der Waals surface area contributed by atoms with Gasteiger partial charge in [0.05, 0.1) is 0 Å². The van der Waals surface area contributed by atoms with Gasteiger partial charge in [0.25, 0.3) is 0 Å². The minimum absolute atomic E-state index is 0.0266. The summed E-state index contributed by atoms with van der Waals surface area (Å²) in [6.07, 6.45) is 24.8. The van der Waals surface area contributed by atoms with Crippen LogP contribution >= 0.6 is 0 Å². The van der Waals surface area contributed by atoms with Crippen molar-refractivity contribution in [2.75, 3.05) is 0 Å². The largest absolute Gasteiger partial charge is 0.335 e. The molecule has 0 radical (unpaired) electrons. The van der Waals surface area contributed by atoms with Crippen LogP contribution in [0.4, 0.5) is 0 Å². The van der Waals surface area contributed by atoms with E-state index in [-0.39, 0.29) is 5.41 Å². The Kier molecular flexibility index (Phi) is 13.7. The fourth-order valence-corrected chi connectivity index (χ4v) is 6.00. The first kappa shape index (κ1) is 30.2. The minimum Gasteiger partial charge on any atom is -0.335 e. The highest BCUT2D eigenvalue weighted by molar-refractivity contribution is 5.32. The van der Waals surface area contributed by atoms with E-state index in [9.17, 15) is 0 Å². The zero-order valence-corrected chi connectivity index (χ0v) is 24.7. The lowest BCUT2D eigenvalue weighted by Gasteiger charge is -2.36. The standard InChI is InChI=1S/C36H54N2/c1-4-5-6-7-8-9-10-11-12-13-14-15-16-23-29-38-30-28-37-35(38)32(2)36(3,34-26-21-18-22-27-34)31-33-24-19-17-20-25-33/h17-22,24-28,30,32H,4-16,23,29,31H2,1-3H3. The van der Waals surface area contributed by atoms with Crippen LogP contribution in [0.1, 0.15) is 134 Å². The zero-order chi connectivity index (χ0) is 26.9. The van der Waals surface area contributed by atoms with Crippen molar-refractivity contribution in [3.8, 4) is 0 Å². The van der Waals surface area contributed by atoms with Gasteiger partial charge in [-0.05, 0) is 24.0 Å². The molecule has 0 aliphatic carbocycles. The van der Waals surface area contributed by atoms with Crippen molar-refractivity contribution in [2.24, 2.45) is 0 Å². The summed E-state index contributed by atoms with van der Waals surface area (Å²) in [6, 6.07) is 22.0. The average Bonchev–Trinajstić information content (AvgIpc) is 3.42. The summed E-state index contributed by atoms with van der Waals surface area (Å²) >= 11 is 0. The molecule has 3 rings (SSSR count). The molecule has 0 saturated heterocycles. The molecule has 38 heavy (non-hydrogen) atoms. The van der Waals surface area contributed by atoms with Gasteiger partial charge in [0, 0.05) is 30.3 Å². The van der Waals surface area contributed by atoms with E-state index in [0.717, 1.165) is 13.0 Å². The Hall–Kier alpha value is -2.35. The third-order valence-electron chi connectivity index (χ3n) is 8.69. The smallest absolute Gasteiger partial charge is 0.112 e. The quantitative estimate of drug-likeness (QED) is 0.137. The fraction of sp³-hybridized carbons (Fsp3) is 0.583. The zero-order valence-electron chi connectivity index (χ0n) is 24.7.